The lowest BCUT2D eigenvalue weighted by molar-refractivity contribution is -0.142. The van der Waals surface area contributed by atoms with Crippen molar-refractivity contribution in [2.45, 2.75) is 88.7 Å². The van der Waals surface area contributed by atoms with Crippen LogP contribution >= 0.6 is 34.5 Å². The molecule has 3 aliphatic heterocycles. The fourth-order valence-corrected chi connectivity index (χ4v) is 6.71. The molecule has 2 N–H and O–H groups in total. The van der Waals surface area contributed by atoms with Crippen LogP contribution in [0.4, 0.5) is 10.5 Å². The van der Waals surface area contributed by atoms with E-state index in [4.69, 9.17) is 35.3 Å². The van der Waals surface area contributed by atoms with Crippen molar-refractivity contribution in [3.63, 3.8) is 0 Å². The fraction of sp³-hybridized carbons (Fsp3) is 0.576. The summed E-state index contributed by atoms with van der Waals surface area (Å²) in [6.07, 6.45) is 2.33. The van der Waals surface area contributed by atoms with E-state index in [1.807, 2.05) is 56.1 Å². The van der Waals surface area contributed by atoms with Gasteiger partial charge in [-0.05, 0) is 51.9 Å². The molecule has 4 bridgehead atoms. The van der Waals surface area contributed by atoms with Crippen molar-refractivity contribution in [3.8, 4) is 5.75 Å². The van der Waals surface area contributed by atoms with E-state index in [0.717, 1.165) is 11.1 Å². The Kier molecular flexibility index (Phi) is 11.4. The molecule has 1 aromatic carbocycles. The molecule has 13 heteroatoms. The van der Waals surface area contributed by atoms with Crippen LogP contribution in [0.25, 0.3) is 0 Å². The Morgan fingerprint density at radius 2 is 2.02 bits per heavy atom. The average Bonchev–Trinajstić information content (AvgIpc) is 3.69. The number of ether oxygens (including phenoxy) is 5. The minimum absolute atomic E-state index is 0.0437. The normalized spacial score (nSPS) is 34.4. The lowest BCUT2D eigenvalue weighted by Gasteiger charge is -2.42. The van der Waals surface area contributed by atoms with Gasteiger partial charge in [0.15, 0.2) is 5.72 Å². The predicted octanol–water partition coefficient (Wildman–Crippen LogP) is 5.33. The van der Waals surface area contributed by atoms with Crippen LogP contribution < -0.4 is 15.0 Å². The number of alkyl carbamates (subject to hydrolysis) is 1. The summed E-state index contributed by atoms with van der Waals surface area (Å²) in [4.78, 5) is 28.3. The second-order valence-corrected chi connectivity index (χ2v) is 14.5. The maximum atomic E-state index is 14.0. The number of halogens is 2. The molecule has 2 fully saturated rings. The first-order valence-corrected chi connectivity index (χ1v) is 16.5. The lowest BCUT2D eigenvalue weighted by Crippen LogP contribution is -2.63. The van der Waals surface area contributed by atoms with Crippen molar-refractivity contribution in [1.29, 1.82) is 0 Å². The Morgan fingerprint density at radius 1 is 1.33 bits per heavy atom. The van der Waals surface area contributed by atoms with E-state index in [2.05, 4.69) is 34.8 Å². The van der Waals surface area contributed by atoms with E-state index in [0.29, 0.717) is 28.6 Å². The molecule has 2 saturated heterocycles. The molecule has 11 nitrogen and oxygen atoms in total. The van der Waals surface area contributed by atoms with E-state index < -0.39 is 41.8 Å². The van der Waals surface area contributed by atoms with E-state index >= 15 is 0 Å². The number of likely N-dealkylation sites (N-methyl/N-ethyl adjacent to an activating group) is 1. The zero-order chi connectivity index (χ0) is 34.1. The number of anilines is 1. The summed E-state index contributed by atoms with van der Waals surface area (Å²) >= 11 is 8.91. The van der Waals surface area contributed by atoms with Crippen LogP contribution in [0, 0.1) is 5.92 Å². The van der Waals surface area contributed by atoms with E-state index in [1.54, 1.807) is 19.2 Å². The number of benzene rings is 1. The molecule has 0 aromatic heterocycles. The summed E-state index contributed by atoms with van der Waals surface area (Å²) in [5, 5.41) is 14.5. The highest BCUT2D eigenvalue weighted by Gasteiger charge is 2.64. The third kappa shape index (κ3) is 7.68. The van der Waals surface area contributed by atoms with Crippen LogP contribution in [0.3, 0.4) is 0 Å². The number of hydrogen-bond acceptors (Lipinski definition) is 9. The Morgan fingerprint density at radius 3 is 2.65 bits per heavy atom. The van der Waals surface area contributed by atoms with Crippen LogP contribution in [0.2, 0.25) is 5.02 Å². The van der Waals surface area contributed by atoms with Crippen molar-refractivity contribution in [2.24, 2.45) is 5.92 Å². The first kappa shape index (κ1) is 36.5. The molecular formula is C33H45ClIN3O8. The topological polar surface area (TPSA) is 122 Å². The number of hydrogen-bond donors (Lipinski definition) is 2. The molecule has 4 rings (SSSR count). The second kappa shape index (κ2) is 14.4. The fourth-order valence-electron chi connectivity index (χ4n) is 6.08. The van der Waals surface area contributed by atoms with Crippen LogP contribution in [0.5, 0.6) is 5.75 Å². The maximum absolute atomic E-state index is 14.0. The van der Waals surface area contributed by atoms with Gasteiger partial charge in [0.2, 0.25) is 5.91 Å². The average molecular weight is 774 g/mol. The van der Waals surface area contributed by atoms with Crippen LogP contribution in [0.15, 0.2) is 48.3 Å². The molecule has 254 valence electrons. The number of aliphatic hydroxyl groups is 1. The summed E-state index contributed by atoms with van der Waals surface area (Å²) in [5.74, 6) is 0.288. The number of methoxy groups -OCH3 is 2. The highest BCUT2D eigenvalue weighted by molar-refractivity contribution is 14.1. The van der Waals surface area contributed by atoms with Crippen molar-refractivity contribution < 1.29 is 38.4 Å². The van der Waals surface area contributed by atoms with Gasteiger partial charge in [-0.2, -0.15) is 0 Å². The molecule has 3 aliphatic rings. The number of fused-ring (bicyclic) bond motifs is 5. The molecule has 2 amide bonds. The highest BCUT2D eigenvalue weighted by atomic mass is 127. The molecule has 46 heavy (non-hydrogen) atoms. The number of carbonyl (C=O) groups is 2. The largest absolute Gasteiger partial charge is 0.495 e. The molecule has 0 aliphatic carbocycles. The SMILES string of the molecule is C=C(O[C@H]1CC(=O)N(C)c2cc(cc(OC)c2Cl)C/C(C)=C/C=C/[C@@H](OC)[C@@]2(O)C[C@H](OC(=O)N2)[C@@H](C)[C@@H]2O[C@@]12C)[C@H](C)N(C)I. The third-order valence-electron chi connectivity index (χ3n) is 9.24. The molecule has 8 atom stereocenters. The second-order valence-electron chi connectivity index (χ2n) is 12.6. The van der Waals surface area contributed by atoms with Gasteiger partial charge >= 0.3 is 6.09 Å². The highest BCUT2D eigenvalue weighted by Crippen LogP contribution is 2.49. The summed E-state index contributed by atoms with van der Waals surface area (Å²) in [6.45, 7) is 11.8. The lowest BCUT2D eigenvalue weighted by atomic mass is 9.83. The summed E-state index contributed by atoms with van der Waals surface area (Å²) < 4.78 is 31.6. The van der Waals surface area contributed by atoms with Gasteiger partial charge in [0.25, 0.3) is 0 Å². The zero-order valence-electron chi connectivity index (χ0n) is 27.6. The Labute approximate surface area is 290 Å². The summed E-state index contributed by atoms with van der Waals surface area (Å²) in [6, 6.07) is 3.56. The van der Waals surface area contributed by atoms with Crippen molar-refractivity contribution in [3.05, 3.63) is 58.9 Å². The number of epoxide rings is 1. The summed E-state index contributed by atoms with van der Waals surface area (Å²) in [5.41, 5.74) is -0.318. The van der Waals surface area contributed by atoms with Gasteiger partial charge in [0, 0.05) is 49.4 Å². The van der Waals surface area contributed by atoms with Gasteiger partial charge < -0.3 is 33.7 Å². The van der Waals surface area contributed by atoms with Crippen molar-refractivity contribution >= 4 is 52.2 Å². The molecule has 0 spiro atoms. The number of nitrogens with one attached hydrogen (secondary N) is 1. The number of allylic oxidation sites excluding steroid dienone is 3. The molecule has 0 radical (unpaired) electrons. The molecule has 0 saturated carbocycles. The van der Waals surface area contributed by atoms with Gasteiger partial charge in [-0.3, -0.25) is 10.1 Å². The van der Waals surface area contributed by atoms with Gasteiger partial charge in [0.05, 0.1) is 31.4 Å². The number of amides is 2. The number of carbonyl (C=O) groups excluding carboxylic acids is 2. The third-order valence-corrected chi connectivity index (χ3v) is 10.5. The van der Waals surface area contributed by atoms with E-state index in [1.165, 1.54) is 19.1 Å². The summed E-state index contributed by atoms with van der Waals surface area (Å²) in [7, 11) is 6.58. The van der Waals surface area contributed by atoms with Crippen LogP contribution in [0.1, 0.15) is 46.1 Å². The first-order chi connectivity index (χ1) is 21.5. The number of rotatable bonds is 6. The molecule has 0 unspecified atom stereocenters. The minimum Gasteiger partial charge on any atom is -0.495 e. The minimum atomic E-state index is -1.74. The van der Waals surface area contributed by atoms with Crippen molar-refractivity contribution in [1.82, 2.24) is 8.43 Å². The Hall–Kier alpha value is -2.36. The predicted molar refractivity (Wildman–Crippen MR) is 184 cm³/mol. The van der Waals surface area contributed by atoms with Gasteiger partial charge in [-0.1, -0.05) is 48.9 Å². The molecule has 1 aromatic rings. The van der Waals surface area contributed by atoms with Crippen LogP contribution in [-0.2, 0) is 30.2 Å². The molecule has 3 heterocycles. The Balaban J connectivity index is 1.80. The standard InChI is InChI=1S/C33H45ClIN3O8/c1-18-11-10-12-26(43-9)33(41)17-25(45-31(40)36-33)19(2)30-32(5,46-30)27(44-21(4)20(3)38(7)35)16-28(39)37(6)23-14-22(13-18)15-24(42-8)29(23)34/h10-12,14-15,19-20,25-27,30,41H,4,13,16-17H2,1-3,5-9H3,(H,36,40)/b12-10+,18-11+/t19-,20+,25+,26-,27+,30+,32+,33+/m1/s1. The number of nitrogens with zero attached hydrogens (tertiary/aromatic N) is 2. The quantitative estimate of drug-likeness (QED) is 0.171. The smallest absolute Gasteiger partial charge is 0.409 e. The van der Waals surface area contributed by atoms with Crippen LogP contribution in [-0.4, -0.2) is 90.3 Å². The maximum Gasteiger partial charge on any atom is 0.409 e. The zero-order valence-corrected chi connectivity index (χ0v) is 30.5. The van der Waals surface area contributed by atoms with Gasteiger partial charge in [-0.15, -0.1) is 0 Å². The van der Waals surface area contributed by atoms with E-state index in [9.17, 15) is 14.7 Å². The van der Waals surface area contributed by atoms with E-state index in [-0.39, 0.29) is 30.7 Å². The molecular weight excluding hydrogens is 729 g/mol. The van der Waals surface area contributed by atoms with Crippen molar-refractivity contribution in [2.75, 3.05) is 33.2 Å². The van der Waals surface area contributed by atoms with Gasteiger partial charge in [0.1, 0.15) is 40.4 Å². The first-order valence-electron chi connectivity index (χ1n) is 15.2. The van der Waals surface area contributed by atoms with Gasteiger partial charge in [-0.25, -0.2) is 7.91 Å². The monoisotopic (exact) mass is 773 g/mol. The Bertz CT molecular complexity index is 1400.